The summed E-state index contributed by atoms with van der Waals surface area (Å²) in [6.07, 6.45) is 71.2. The van der Waals surface area contributed by atoms with Gasteiger partial charge in [0.15, 0.2) is 0 Å². The standard InChI is InChI=1S/C60H117NO4/c1-3-5-7-9-11-13-15-17-19-21-23-25-27-29-30-31-33-35-37-39-41-43-45-47-49-51-53-55-59(64)60(65)61-57(56-62)58(63)54-52-50-48-46-44-42-40-38-36-34-32-28-26-24-22-20-18-16-14-12-10-8-6-4-2/h29-30,52,54,57-59,62-64H,3-28,31-51,53,55-56H2,1-2H3,(H,61,65)/b30-29-,54-52+. The van der Waals surface area contributed by atoms with Crippen LogP contribution in [-0.2, 0) is 4.79 Å². The van der Waals surface area contributed by atoms with E-state index in [1.54, 1.807) is 6.08 Å². The Hall–Kier alpha value is -1.17. The number of amides is 1. The maximum Gasteiger partial charge on any atom is 0.249 e. The van der Waals surface area contributed by atoms with E-state index in [1.165, 1.54) is 276 Å². The topological polar surface area (TPSA) is 89.8 Å². The molecule has 5 nitrogen and oxygen atoms in total. The predicted molar refractivity (Wildman–Crippen MR) is 287 cm³/mol. The molecule has 4 N–H and O–H groups in total. The first-order chi connectivity index (χ1) is 32.1. The van der Waals surface area contributed by atoms with Crippen LogP contribution in [0.25, 0.3) is 0 Å². The average Bonchev–Trinajstić information content (AvgIpc) is 3.31. The van der Waals surface area contributed by atoms with Gasteiger partial charge < -0.3 is 20.6 Å². The van der Waals surface area contributed by atoms with Crippen LogP contribution < -0.4 is 5.32 Å². The Bertz CT molecular complexity index is 967. The molecule has 0 saturated heterocycles. The monoisotopic (exact) mass is 916 g/mol. The fourth-order valence-electron chi connectivity index (χ4n) is 9.42. The number of nitrogens with one attached hydrogen (secondary N) is 1. The second kappa shape index (κ2) is 55.4. The Balaban J connectivity index is 3.55. The van der Waals surface area contributed by atoms with Crippen molar-refractivity contribution in [2.24, 2.45) is 0 Å². The van der Waals surface area contributed by atoms with E-state index in [1.807, 2.05) is 6.08 Å². The van der Waals surface area contributed by atoms with Gasteiger partial charge in [-0.25, -0.2) is 0 Å². The molecule has 0 heterocycles. The molecule has 0 aromatic carbocycles. The van der Waals surface area contributed by atoms with Crippen molar-refractivity contribution in [2.75, 3.05) is 6.61 Å². The molecule has 5 heteroatoms. The highest BCUT2D eigenvalue weighted by Gasteiger charge is 2.22. The highest BCUT2D eigenvalue weighted by molar-refractivity contribution is 5.80. The zero-order valence-corrected chi connectivity index (χ0v) is 44.1. The SMILES string of the molecule is CCCCCCCCCCCCCC/C=C\CCCCCCCCCCCCCC(O)C(=O)NC(CO)C(O)/C=C/CCCCCCCCCCCCCCCCCCCCCCCC. The number of aliphatic hydroxyl groups is 3. The van der Waals surface area contributed by atoms with Gasteiger partial charge in [-0.05, 0) is 44.9 Å². The lowest BCUT2D eigenvalue weighted by atomic mass is 10.0. The minimum Gasteiger partial charge on any atom is -0.394 e. The smallest absolute Gasteiger partial charge is 0.249 e. The number of aliphatic hydroxyl groups excluding tert-OH is 3. The third-order valence-electron chi connectivity index (χ3n) is 14.0. The molecule has 1 amide bonds. The molecule has 0 bridgehead atoms. The molecule has 3 atom stereocenters. The van der Waals surface area contributed by atoms with Gasteiger partial charge in [-0.2, -0.15) is 0 Å². The summed E-state index contributed by atoms with van der Waals surface area (Å²) in [4.78, 5) is 12.6. The lowest BCUT2D eigenvalue weighted by molar-refractivity contribution is -0.131. The van der Waals surface area contributed by atoms with E-state index in [9.17, 15) is 20.1 Å². The zero-order chi connectivity index (χ0) is 47.2. The molecule has 65 heavy (non-hydrogen) atoms. The van der Waals surface area contributed by atoms with Gasteiger partial charge in [-0.15, -0.1) is 0 Å². The van der Waals surface area contributed by atoms with Gasteiger partial charge in [-0.3, -0.25) is 4.79 Å². The summed E-state index contributed by atoms with van der Waals surface area (Å²) < 4.78 is 0. The van der Waals surface area contributed by atoms with Crippen molar-refractivity contribution in [3.8, 4) is 0 Å². The highest BCUT2D eigenvalue weighted by atomic mass is 16.3. The van der Waals surface area contributed by atoms with Crippen LogP contribution in [0.15, 0.2) is 24.3 Å². The van der Waals surface area contributed by atoms with Crippen molar-refractivity contribution < 1.29 is 20.1 Å². The molecule has 0 aliphatic rings. The number of rotatable bonds is 55. The maximum atomic E-state index is 12.6. The van der Waals surface area contributed by atoms with Crippen molar-refractivity contribution in [1.29, 1.82) is 0 Å². The maximum absolute atomic E-state index is 12.6. The molecule has 0 radical (unpaired) electrons. The van der Waals surface area contributed by atoms with E-state index < -0.39 is 24.2 Å². The molecule has 0 aliphatic heterocycles. The van der Waals surface area contributed by atoms with Crippen molar-refractivity contribution in [1.82, 2.24) is 5.32 Å². The Morgan fingerprint density at radius 1 is 0.369 bits per heavy atom. The molecule has 0 saturated carbocycles. The second-order valence-corrected chi connectivity index (χ2v) is 20.6. The Kier molecular flexibility index (Phi) is 54.4. The number of unbranched alkanes of at least 4 members (excludes halogenated alkanes) is 45. The summed E-state index contributed by atoms with van der Waals surface area (Å²) in [6, 6.07) is -0.798. The van der Waals surface area contributed by atoms with Crippen LogP contribution in [0.5, 0.6) is 0 Å². The van der Waals surface area contributed by atoms with E-state index >= 15 is 0 Å². The van der Waals surface area contributed by atoms with Gasteiger partial charge >= 0.3 is 0 Å². The summed E-state index contributed by atoms with van der Waals surface area (Å²) in [7, 11) is 0. The molecular formula is C60H117NO4. The lowest BCUT2D eigenvalue weighted by Crippen LogP contribution is -2.48. The fraction of sp³-hybridized carbons (Fsp3) is 0.917. The minimum atomic E-state index is -1.10. The van der Waals surface area contributed by atoms with Gasteiger partial charge in [0.25, 0.3) is 0 Å². The molecule has 3 unspecified atom stereocenters. The zero-order valence-electron chi connectivity index (χ0n) is 44.1. The van der Waals surface area contributed by atoms with Crippen LogP contribution in [-0.4, -0.2) is 46.1 Å². The van der Waals surface area contributed by atoms with Gasteiger partial charge in [0.2, 0.25) is 5.91 Å². The molecular weight excluding hydrogens is 799 g/mol. The van der Waals surface area contributed by atoms with Crippen molar-refractivity contribution in [3.05, 3.63) is 24.3 Å². The quantitative estimate of drug-likeness (QED) is 0.0361. The third-order valence-corrected chi connectivity index (χ3v) is 14.0. The second-order valence-electron chi connectivity index (χ2n) is 20.6. The van der Waals surface area contributed by atoms with E-state index in [2.05, 4.69) is 31.3 Å². The van der Waals surface area contributed by atoms with Crippen LogP contribution in [0.3, 0.4) is 0 Å². The van der Waals surface area contributed by atoms with E-state index in [0.29, 0.717) is 6.42 Å². The molecule has 386 valence electrons. The summed E-state index contributed by atoms with van der Waals surface area (Å²) in [6.45, 7) is 4.23. The number of allylic oxidation sites excluding steroid dienone is 3. The van der Waals surface area contributed by atoms with Crippen molar-refractivity contribution in [3.63, 3.8) is 0 Å². The Morgan fingerprint density at radius 2 is 0.615 bits per heavy atom. The first kappa shape index (κ1) is 63.8. The minimum absolute atomic E-state index is 0.361. The average molecular weight is 917 g/mol. The van der Waals surface area contributed by atoms with E-state index in [-0.39, 0.29) is 6.61 Å². The summed E-state index contributed by atoms with van der Waals surface area (Å²) in [5.74, 6) is -0.498. The van der Waals surface area contributed by atoms with Gasteiger partial charge in [0.05, 0.1) is 18.8 Å². The number of hydrogen-bond donors (Lipinski definition) is 4. The lowest BCUT2D eigenvalue weighted by Gasteiger charge is -2.21. The normalized spacial score (nSPS) is 13.4. The summed E-state index contributed by atoms with van der Waals surface area (Å²) >= 11 is 0. The fourth-order valence-corrected chi connectivity index (χ4v) is 9.42. The first-order valence-corrected chi connectivity index (χ1v) is 29.7. The summed E-state index contributed by atoms with van der Waals surface area (Å²) in [5.41, 5.74) is 0. The molecule has 0 rings (SSSR count). The number of carbonyl (C=O) groups is 1. The first-order valence-electron chi connectivity index (χ1n) is 29.7. The molecule has 0 aromatic rings. The van der Waals surface area contributed by atoms with Gasteiger partial charge in [-0.1, -0.05) is 308 Å². The third kappa shape index (κ3) is 50.5. The van der Waals surface area contributed by atoms with Crippen LogP contribution >= 0.6 is 0 Å². The predicted octanol–water partition coefficient (Wildman–Crippen LogP) is 18.5. The molecule has 0 aliphatic carbocycles. The number of carbonyl (C=O) groups excluding carboxylic acids is 1. The van der Waals surface area contributed by atoms with Crippen LogP contribution in [0.2, 0.25) is 0 Å². The number of hydrogen-bond acceptors (Lipinski definition) is 4. The van der Waals surface area contributed by atoms with Gasteiger partial charge in [0, 0.05) is 0 Å². The van der Waals surface area contributed by atoms with E-state index in [0.717, 1.165) is 32.1 Å². The molecule has 0 fully saturated rings. The van der Waals surface area contributed by atoms with Crippen LogP contribution in [0, 0.1) is 0 Å². The Morgan fingerprint density at radius 3 is 0.892 bits per heavy atom. The van der Waals surface area contributed by atoms with Crippen LogP contribution in [0.1, 0.15) is 328 Å². The Labute approximate surface area is 407 Å². The molecule has 0 aromatic heterocycles. The largest absolute Gasteiger partial charge is 0.394 e. The van der Waals surface area contributed by atoms with Crippen molar-refractivity contribution >= 4 is 5.91 Å². The van der Waals surface area contributed by atoms with Crippen molar-refractivity contribution in [2.45, 2.75) is 347 Å². The van der Waals surface area contributed by atoms with E-state index in [4.69, 9.17) is 0 Å². The van der Waals surface area contributed by atoms with Gasteiger partial charge in [0.1, 0.15) is 6.10 Å². The van der Waals surface area contributed by atoms with Crippen LogP contribution in [0.4, 0.5) is 0 Å². The molecule has 0 spiro atoms. The summed E-state index contributed by atoms with van der Waals surface area (Å²) in [5, 5.41) is 33.4. The highest BCUT2D eigenvalue weighted by Crippen LogP contribution is 2.18.